The molecule has 1 aliphatic heterocycles. The predicted octanol–water partition coefficient (Wildman–Crippen LogP) is 3.79. The summed E-state index contributed by atoms with van der Waals surface area (Å²) in [5.74, 6) is 2.69. The maximum absolute atomic E-state index is 10.7. The normalized spacial score (nSPS) is 18.3. The number of phenols is 1. The molecule has 2 aliphatic rings. The highest BCUT2D eigenvalue weighted by Crippen LogP contribution is 2.33. The molecule has 6 nitrogen and oxygen atoms in total. The molecule has 0 amide bonds. The van der Waals surface area contributed by atoms with Crippen molar-refractivity contribution in [3.05, 3.63) is 47.7 Å². The molecule has 1 saturated heterocycles. The minimum Gasteiger partial charge on any atom is -0.504 e. The van der Waals surface area contributed by atoms with Gasteiger partial charge in [0.2, 0.25) is 0 Å². The molecule has 0 radical (unpaired) electrons. The molecule has 1 aromatic carbocycles. The van der Waals surface area contributed by atoms with Crippen LogP contribution in [-0.2, 0) is 13.1 Å². The van der Waals surface area contributed by atoms with E-state index in [0.29, 0.717) is 5.75 Å². The molecule has 4 rings (SSSR count). The van der Waals surface area contributed by atoms with Gasteiger partial charge in [0.05, 0.1) is 7.11 Å². The summed E-state index contributed by atoms with van der Waals surface area (Å²) in [5.41, 5.74) is 2.12. The highest BCUT2D eigenvalue weighted by Gasteiger charge is 2.20. The lowest BCUT2D eigenvalue weighted by Crippen LogP contribution is -2.46. The van der Waals surface area contributed by atoms with Gasteiger partial charge < -0.3 is 20.1 Å². The third-order valence-corrected chi connectivity index (χ3v) is 6.66. The van der Waals surface area contributed by atoms with E-state index < -0.39 is 0 Å². The number of aromatic hydroxyl groups is 1. The SMILES string of the molecule is COc1cc(CNCC2CCCCC2)cc(CN2CCN(c3ccccn3)CC2)c1O. The molecule has 6 heteroatoms. The van der Waals surface area contributed by atoms with Crippen LogP contribution in [0.4, 0.5) is 5.82 Å². The number of nitrogens with one attached hydrogen (secondary N) is 1. The molecule has 31 heavy (non-hydrogen) atoms. The molecule has 168 valence electrons. The van der Waals surface area contributed by atoms with E-state index in [4.69, 9.17) is 4.74 Å². The lowest BCUT2D eigenvalue weighted by molar-refractivity contribution is 0.245. The van der Waals surface area contributed by atoms with Crippen LogP contribution in [0.5, 0.6) is 11.5 Å². The molecule has 1 saturated carbocycles. The van der Waals surface area contributed by atoms with Crippen molar-refractivity contribution in [2.24, 2.45) is 5.92 Å². The fourth-order valence-corrected chi connectivity index (χ4v) is 4.84. The number of benzene rings is 1. The Bertz CT molecular complexity index is 816. The van der Waals surface area contributed by atoms with Crippen molar-refractivity contribution < 1.29 is 9.84 Å². The van der Waals surface area contributed by atoms with Gasteiger partial charge in [0.15, 0.2) is 11.5 Å². The van der Waals surface area contributed by atoms with Gasteiger partial charge in [-0.05, 0) is 55.1 Å². The van der Waals surface area contributed by atoms with E-state index in [9.17, 15) is 5.11 Å². The number of piperazine rings is 1. The van der Waals surface area contributed by atoms with Crippen LogP contribution in [-0.4, -0.2) is 54.8 Å². The first-order valence-corrected chi connectivity index (χ1v) is 11.7. The van der Waals surface area contributed by atoms with Gasteiger partial charge in [-0.15, -0.1) is 0 Å². The molecule has 2 aromatic rings. The molecule has 0 bridgehead atoms. The number of phenolic OH excluding ortho intramolecular Hbond substituents is 1. The van der Waals surface area contributed by atoms with E-state index in [2.05, 4.69) is 32.2 Å². The fraction of sp³-hybridized carbons (Fsp3) is 0.560. The monoisotopic (exact) mass is 424 g/mol. The third-order valence-electron chi connectivity index (χ3n) is 6.66. The second kappa shape index (κ2) is 10.8. The zero-order valence-electron chi connectivity index (χ0n) is 18.7. The Balaban J connectivity index is 1.34. The molecule has 0 atom stereocenters. The van der Waals surface area contributed by atoms with Crippen molar-refractivity contribution in [2.75, 3.05) is 44.7 Å². The Kier molecular flexibility index (Phi) is 7.65. The van der Waals surface area contributed by atoms with Crippen LogP contribution in [0.3, 0.4) is 0 Å². The zero-order valence-corrected chi connectivity index (χ0v) is 18.7. The van der Waals surface area contributed by atoms with Crippen molar-refractivity contribution in [3.63, 3.8) is 0 Å². The number of ether oxygens (including phenoxy) is 1. The third kappa shape index (κ3) is 5.89. The van der Waals surface area contributed by atoms with E-state index >= 15 is 0 Å². The summed E-state index contributed by atoms with van der Waals surface area (Å²) in [5, 5.41) is 14.3. The standard InChI is InChI=1S/C25H36N4O2/c1-31-23-16-21(18-26-17-20-7-3-2-4-8-20)15-22(25(23)30)19-28-11-13-29(14-12-28)24-9-5-6-10-27-24/h5-6,9-10,15-16,20,26,30H,2-4,7-8,11-14,17-19H2,1H3. The summed E-state index contributed by atoms with van der Waals surface area (Å²) in [6.45, 7) is 6.40. The molecule has 0 unspecified atom stereocenters. The maximum Gasteiger partial charge on any atom is 0.162 e. The summed E-state index contributed by atoms with van der Waals surface area (Å²) in [4.78, 5) is 9.18. The van der Waals surface area contributed by atoms with Crippen molar-refractivity contribution in [3.8, 4) is 11.5 Å². The Morgan fingerprint density at radius 1 is 1.10 bits per heavy atom. The molecule has 0 spiro atoms. The fourth-order valence-electron chi connectivity index (χ4n) is 4.84. The van der Waals surface area contributed by atoms with E-state index in [0.717, 1.165) is 63.1 Å². The van der Waals surface area contributed by atoms with Crippen molar-refractivity contribution in [1.29, 1.82) is 0 Å². The van der Waals surface area contributed by atoms with Crippen molar-refractivity contribution >= 4 is 5.82 Å². The van der Waals surface area contributed by atoms with Gasteiger partial charge in [-0.1, -0.05) is 25.3 Å². The number of rotatable bonds is 8. The van der Waals surface area contributed by atoms with Crippen molar-refractivity contribution in [1.82, 2.24) is 15.2 Å². The van der Waals surface area contributed by atoms with Crippen LogP contribution < -0.4 is 15.0 Å². The highest BCUT2D eigenvalue weighted by molar-refractivity contribution is 5.48. The number of methoxy groups -OCH3 is 1. The number of hydrogen-bond acceptors (Lipinski definition) is 6. The molecule has 2 fully saturated rings. The zero-order chi connectivity index (χ0) is 21.5. The first kappa shape index (κ1) is 21.9. The maximum atomic E-state index is 10.7. The Morgan fingerprint density at radius 3 is 2.61 bits per heavy atom. The average molecular weight is 425 g/mol. The first-order valence-electron chi connectivity index (χ1n) is 11.7. The van der Waals surface area contributed by atoms with E-state index in [1.165, 1.54) is 37.7 Å². The van der Waals surface area contributed by atoms with Crippen LogP contribution in [0.1, 0.15) is 43.2 Å². The van der Waals surface area contributed by atoms with E-state index in [1.807, 2.05) is 24.4 Å². The van der Waals surface area contributed by atoms with Gasteiger partial charge in [0.1, 0.15) is 5.82 Å². The Morgan fingerprint density at radius 2 is 1.90 bits per heavy atom. The number of aromatic nitrogens is 1. The van der Waals surface area contributed by atoms with Gasteiger partial charge in [0, 0.05) is 51.0 Å². The topological polar surface area (TPSA) is 60.9 Å². The summed E-state index contributed by atoms with van der Waals surface area (Å²) in [7, 11) is 1.63. The number of pyridine rings is 1. The van der Waals surface area contributed by atoms with Crippen LogP contribution in [0.25, 0.3) is 0 Å². The average Bonchev–Trinajstić information content (AvgIpc) is 2.82. The van der Waals surface area contributed by atoms with E-state index in [-0.39, 0.29) is 5.75 Å². The van der Waals surface area contributed by atoms with Crippen LogP contribution in [0.15, 0.2) is 36.5 Å². The molecule has 2 N–H and O–H groups in total. The van der Waals surface area contributed by atoms with Gasteiger partial charge in [-0.25, -0.2) is 4.98 Å². The lowest BCUT2D eigenvalue weighted by Gasteiger charge is -2.35. The second-order valence-electron chi connectivity index (χ2n) is 8.89. The van der Waals surface area contributed by atoms with Crippen LogP contribution >= 0.6 is 0 Å². The highest BCUT2D eigenvalue weighted by atomic mass is 16.5. The predicted molar refractivity (Wildman–Crippen MR) is 125 cm³/mol. The largest absolute Gasteiger partial charge is 0.504 e. The molecular weight excluding hydrogens is 388 g/mol. The first-order chi connectivity index (χ1) is 15.2. The summed E-state index contributed by atoms with van der Waals surface area (Å²) < 4.78 is 5.47. The molecular formula is C25H36N4O2. The second-order valence-corrected chi connectivity index (χ2v) is 8.89. The van der Waals surface area contributed by atoms with Gasteiger partial charge in [0.25, 0.3) is 0 Å². The number of anilines is 1. The molecule has 1 aliphatic carbocycles. The Hall–Kier alpha value is -2.31. The quantitative estimate of drug-likeness (QED) is 0.672. The van der Waals surface area contributed by atoms with Crippen molar-refractivity contribution in [2.45, 2.75) is 45.2 Å². The minimum atomic E-state index is 0.269. The molecule has 2 heterocycles. The molecule has 1 aromatic heterocycles. The van der Waals surface area contributed by atoms with Gasteiger partial charge in [-0.3, -0.25) is 4.90 Å². The van der Waals surface area contributed by atoms with Crippen LogP contribution in [0, 0.1) is 5.92 Å². The number of nitrogens with zero attached hydrogens (tertiary/aromatic N) is 3. The summed E-state index contributed by atoms with van der Waals surface area (Å²) in [6.07, 6.45) is 8.68. The summed E-state index contributed by atoms with van der Waals surface area (Å²) in [6, 6.07) is 10.2. The van der Waals surface area contributed by atoms with E-state index in [1.54, 1.807) is 7.11 Å². The number of hydrogen-bond donors (Lipinski definition) is 2. The van der Waals surface area contributed by atoms with Gasteiger partial charge >= 0.3 is 0 Å². The minimum absolute atomic E-state index is 0.269. The van der Waals surface area contributed by atoms with Gasteiger partial charge in [-0.2, -0.15) is 0 Å². The van der Waals surface area contributed by atoms with Crippen LogP contribution in [0.2, 0.25) is 0 Å². The smallest absolute Gasteiger partial charge is 0.162 e. The summed E-state index contributed by atoms with van der Waals surface area (Å²) >= 11 is 0. The Labute approximate surface area is 186 Å². The lowest BCUT2D eigenvalue weighted by atomic mass is 9.89.